The lowest BCUT2D eigenvalue weighted by atomic mass is 10.0. The fourth-order valence-corrected chi connectivity index (χ4v) is 3.49. The Bertz CT molecular complexity index is 638. The molecular formula is C13H15N5S. The predicted octanol–water partition coefficient (Wildman–Crippen LogP) is 2.68. The molecule has 2 heterocycles. The van der Waals surface area contributed by atoms with Crippen molar-refractivity contribution in [3.05, 3.63) is 21.8 Å². The molecule has 0 saturated heterocycles. The van der Waals surface area contributed by atoms with Gasteiger partial charge in [-0.15, -0.1) is 11.3 Å². The Labute approximate surface area is 115 Å². The highest BCUT2D eigenvalue weighted by atomic mass is 32.1. The van der Waals surface area contributed by atoms with Crippen molar-refractivity contribution < 1.29 is 0 Å². The van der Waals surface area contributed by atoms with Gasteiger partial charge in [0.05, 0.1) is 11.4 Å². The highest BCUT2D eigenvalue weighted by Gasteiger charge is 2.18. The van der Waals surface area contributed by atoms with Crippen molar-refractivity contribution in [3.63, 3.8) is 0 Å². The number of anilines is 2. The van der Waals surface area contributed by atoms with Crippen LogP contribution in [0.1, 0.15) is 34.7 Å². The minimum atomic E-state index is 0.593. The van der Waals surface area contributed by atoms with Crippen LogP contribution in [0.5, 0.6) is 0 Å². The molecule has 0 amide bonds. The largest absolute Gasteiger partial charge is 0.315 e. The van der Waals surface area contributed by atoms with Crippen molar-refractivity contribution in [1.29, 1.82) is 5.26 Å². The molecule has 0 atom stereocenters. The number of thiazole rings is 1. The smallest absolute Gasteiger partial charge is 0.188 e. The molecule has 2 aromatic rings. The molecule has 1 N–H and O–H groups in total. The Balaban J connectivity index is 1.93. The van der Waals surface area contributed by atoms with E-state index < -0.39 is 0 Å². The van der Waals surface area contributed by atoms with Crippen molar-refractivity contribution in [2.24, 2.45) is 7.05 Å². The number of nitrogens with zero attached hydrogens (tertiary/aromatic N) is 4. The van der Waals surface area contributed by atoms with E-state index in [1.54, 1.807) is 16.0 Å². The van der Waals surface area contributed by atoms with Gasteiger partial charge in [0.2, 0.25) is 0 Å². The highest BCUT2D eigenvalue weighted by Crippen LogP contribution is 2.32. The average molecular weight is 273 g/mol. The molecule has 0 radical (unpaired) electrons. The van der Waals surface area contributed by atoms with Crippen LogP contribution in [-0.2, 0) is 19.9 Å². The maximum Gasteiger partial charge on any atom is 0.188 e. The number of fused-ring (bicyclic) bond motifs is 1. The first-order chi connectivity index (χ1) is 9.19. The number of nitrogens with one attached hydrogen (secondary N) is 1. The first-order valence-electron chi connectivity index (χ1n) is 6.38. The van der Waals surface area contributed by atoms with Gasteiger partial charge in [0.15, 0.2) is 5.13 Å². The second kappa shape index (κ2) is 4.67. The highest BCUT2D eigenvalue weighted by molar-refractivity contribution is 7.15. The van der Waals surface area contributed by atoms with Crippen molar-refractivity contribution >= 4 is 22.3 Å². The maximum absolute atomic E-state index is 9.19. The van der Waals surface area contributed by atoms with Crippen LogP contribution in [0.3, 0.4) is 0 Å². The van der Waals surface area contributed by atoms with Gasteiger partial charge < -0.3 is 5.32 Å². The summed E-state index contributed by atoms with van der Waals surface area (Å²) in [4.78, 5) is 6.01. The second-order valence-corrected chi connectivity index (χ2v) is 5.85. The molecule has 19 heavy (non-hydrogen) atoms. The summed E-state index contributed by atoms with van der Waals surface area (Å²) >= 11 is 1.69. The van der Waals surface area contributed by atoms with Crippen LogP contribution in [0, 0.1) is 18.3 Å². The molecule has 0 bridgehead atoms. The Hall–Kier alpha value is -1.87. The van der Waals surface area contributed by atoms with E-state index in [1.165, 1.54) is 23.4 Å². The quantitative estimate of drug-likeness (QED) is 0.913. The Morgan fingerprint density at radius 3 is 2.89 bits per heavy atom. The zero-order valence-electron chi connectivity index (χ0n) is 11.0. The fraction of sp³-hybridized carbons (Fsp3) is 0.462. The monoisotopic (exact) mass is 273 g/mol. The SMILES string of the molecule is Cc1nn(C)c(Nc2nc3c(s2)CCCC3)c1C#N. The van der Waals surface area contributed by atoms with Gasteiger partial charge in [-0.2, -0.15) is 10.4 Å². The van der Waals surface area contributed by atoms with E-state index in [0.29, 0.717) is 5.56 Å². The standard InChI is InChI=1S/C13H15N5S/c1-8-9(7-14)12(18(2)17-8)16-13-15-10-5-3-4-6-11(10)19-13/h3-6H2,1-2H3,(H,15,16). The lowest BCUT2D eigenvalue weighted by Crippen LogP contribution is -2.01. The maximum atomic E-state index is 9.19. The normalized spacial score (nSPS) is 13.9. The van der Waals surface area contributed by atoms with Crippen LogP contribution in [0.15, 0.2) is 0 Å². The molecule has 0 spiro atoms. The van der Waals surface area contributed by atoms with E-state index in [2.05, 4.69) is 21.5 Å². The zero-order chi connectivity index (χ0) is 13.4. The molecule has 0 aromatic carbocycles. The Morgan fingerprint density at radius 1 is 1.37 bits per heavy atom. The third-order valence-corrected chi connectivity index (χ3v) is 4.48. The lowest BCUT2D eigenvalue weighted by Gasteiger charge is -2.06. The molecular weight excluding hydrogens is 258 g/mol. The molecule has 6 heteroatoms. The van der Waals surface area contributed by atoms with Crippen molar-refractivity contribution in [2.45, 2.75) is 32.6 Å². The zero-order valence-corrected chi connectivity index (χ0v) is 11.8. The van der Waals surface area contributed by atoms with Crippen LogP contribution < -0.4 is 5.32 Å². The molecule has 2 aromatic heterocycles. The van der Waals surface area contributed by atoms with E-state index in [-0.39, 0.29) is 0 Å². The summed E-state index contributed by atoms with van der Waals surface area (Å²) in [6.07, 6.45) is 4.68. The summed E-state index contributed by atoms with van der Waals surface area (Å²) in [5.41, 5.74) is 2.56. The molecule has 5 nitrogen and oxygen atoms in total. The van der Waals surface area contributed by atoms with Crippen LogP contribution in [0.25, 0.3) is 0 Å². The van der Waals surface area contributed by atoms with Crippen molar-refractivity contribution in [1.82, 2.24) is 14.8 Å². The minimum absolute atomic E-state index is 0.593. The van der Waals surface area contributed by atoms with Crippen LogP contribution in [0.2, 0.25) is 0 Å². The van der Waals surface area contributed by atoms with E-state index in [9.17, 15) is 5.26 Å². The summed E-state index contributed by atoms with van der Waals surface area (Å²) in [6, 6.07) is 2.20. The van der Waals surface area contributed by atoms with Crippen LogP contribution in [0.4, 0.5) is 10.9 Å². The van der Waals surface area contributed by atoms with Gasteiger partial charge in [0, 0.05) is 11.9 Å². The second-order valence-electron chi connectivity index (χ2n) is 4.77. The van der Waals surface area contributed by atoms with Gasteiger partial charge in [0.1, 0.15) is 17.5 Å². The van der Waals surface area contributed by atoms with E-state index in [4.69, 9.17) is 0 Å². The first-order valence-corrected chi connectivity index (χ1v) is 7.20. The predicted molar refractivity (Wildman–Crippen MR) is 74.7 cm³/mol. The average Bonchev–Trinajstić information content (AvgIpc) is 2.91. The molecule has 1 aliphatic rings. The Kier molecular flexibility index (Phi) is 2.99. The van der Waals surface area contributed by atoms with E-state index in [1.807, 2.05) is 14.0 Å². The van der Waals surface area contributed by atoms with Gasteiger partial charge in [-0.25, -0.2) is 4.98 Å². The number of nitriles is 1. The van der Waals surface area contributed by atoms with Gasteiger partial charge >= 0.3 is 0 Å². The summed E-state index contributed by atoms with van der Waals surface area (Å²) in [7, 11) is 1.84. The summed E-state index contributed by atoms with van der Waals surface area (Å²) < 4.78 is 1.70. The topological polar surface area (TPSA) is 66.5 Å². The fourth-order valence-electron chi connectivity index (χ4n) is 2.44. The van der Waals surface area contributed by atoms with Gasteiger partial charge in [-0.3, -0.25) is 4.68 Å². The molecule has 1 aliphatic carbocycles. The van der Waals surface area contributed by atoms with Crippen molar-refractivity contribution in [3.8, 4) is 6.07 Å². The van der Waals surface area contributed by atoms with Crippen molar-refractivity contribution in [2.75, 3.05) is 5.32 Å². The first kappa shape index (κ1) is 12.2. The third kappa shape index (κ3) is 2.10. The number of aromatic nitrogens is 3. The van der Waals surface area contributed by atoms with Crippen LogP contribution in [-0.4, -0.2) is 14.8 Å². The summed E-state index contributed by atoms with van der Waals surface area (Å²) in [5, 5.41) is 17.6. The van der Waals surface area contributed by atoms with E-state index in [0.717, 1.165) is 29.5 Å². The molecule has 0 saturated carbocycles. The lowest BCUT2D eigenvalue weighted by molar-refractivity contribution is 0.682. The van der Waals surface area contributed by atoms with Crippen LogP contribution >= 0.6 is 11.3 Å². The number of aryl methyl sites for hydroxylation is 4. The number of hydrogen-bond acceptors (Lipinski definition) is 5. The minimum Gasteiger partial charge on any atom is -0.315 e. The molecule has 0 aliphatic heterocycles. The third-order valence-electron chi connectivity index (χ3n) is 3.41. The summed E-state index contributed by atoms with van der Waals surface area (Å²) in [5.74, 6) is 0.728. The molecule has 0 unspecified atom stereocenters. The molecule has 3 rings (SSSR count). The van der Waals surface area contributed by atoms with E-state index >= 15 is 0 Å². The molecule has 98 valence electrons. The van der Waals surface area contributed by atoms with Gasteiger partial charge in [-0.05, 0) is 32.6 Å². The summed E-state index contributed by atoms with van der Waals surface area (Å²) in [6.45, 7) is 1.84. The number of rotatable bonds is 2. The van der Waals surface area contributed by atoms with Gasteiger partial charge in [0.25, 0.3) is 0 Å². The Morgan fingerprint density at radius 2 is 2.16 bits per heavy atom. The molecule has 0 fully saturated rings. The van der Waals surface area contributed by atoms with Gasteiger partial charge in [-0.1, -0.05) is 0 Å². The number of hydrogen-bond donors (Lipinski definition) is 1.